The zero-order valence-corrected chi connectivity index (χ0v) is 18.6. The predicted molar refractivity (Wildman–Crippen MR) is 126 cm³/mol. The molecule has 0 unspecified atom stereocenters. The second-order valence-corrected chi connectivity index (χ2v) is 7.25. The molecule has 0 spiro atoms. The molecule has 0 saturated carbocycles. The highest BCUT2D eigenvalue weighted by Gasteiger charge is 2.17. The maximum absolute atomic E-state index is 12.7. The molecule has 9 nitrogen and oxygen atoms in total. The van der Waals surface area contributed by atoms with Crippen molar-refractivity contribution in [3.8, 4) is 23.3 Å². The van der Waals surface area contributed by atoms with Gasteiger partial charge in [-0.25, -0.2) is 0 Å². The van der Waals surface area contributed by atoms with E-state index >= 15 is 0 Å². The number of nitro benzene ring substituents is 1. The molecular formula is C24H18ClN3O6. The molecule has 0 aromatic heterocycles. The van der Waals surface area contributed by atoms with Crippen LogP contribution in [0.25, 0.3) is 6.08 Å². The first kappa shape index (κ1) is 24.1. The van der Waals surface area contributed by atoms with Gasteiger partial charge in [-0.15, -0.1) is 0 Å². The first-order valence-electron chi connectivity index (χ1n) is 9.77. The van der Waals surface area contributed by atoms with E-state index in [2.05, 4.69) is 5.32 Å². The van der Waals surface area contributed by atoms with Crippen molar-refractivity contribution in [2.24, 2.45) is 0 Å². The van der Waals surface area contributed by atoms with Gasteiger partial charge in [0, 0.05) is 22.2 Å². The molecule has 0 bridgehead atoms. The number of ether oxygens (including phenoxy) is 2. The summed E-state index contributed by atoms with van der Waals surface area (Å²) >= 11 is 6.19. The van der Waals surface area contributed by atoms with E-state index in [9.17, 15) is 25.3 Å². The van der Waals surface area contributed by atoms with Crippen LogP contribution in [0, 0.1) is 21.4 Å². The Bertz CT molecular complexity index is 1320. The number of methoxy groups -OCH3 is 1. The topological polar surface area (TPSA) is 135 Å². The fourth-order valence-corrected chi connectivity index (χ4v) is 3.15. The minimum atomic E-state index is -0.827. The fourth-order valence-electron chi connectivity index (χ4n) is 2.96. The smallest absolute Gasteiger partial charge is 0.273 e. The Morgan fingerprint density at radius 1 is 1.24 bits per heavy atom. The second-order valence-electron chi connectivity index (χ2n) is 6.84. The zero-order chi connectivity index (χ0) is 24.7. The predicted octanol–water partition coefficient (Wildman–Crippen LogP) is 5.09. The van der Waals surface area contributed by atoms with E-state index in [1.54, 1.807) is 36.4 Å². The summed E-state index contributed by atoms with van der Waals surface area (Å²) in [5.74, 6) is -0.660. The average Bonchev–Trinajstić information content (AvgIpc) is 2.83. The normalized spacial score (nSPS) is 10.8. The summed E-state index contributed by atoms with van der Waals surface area (Å²) in [5, 5.41) is 33.2. The SMILES string of the molecule is COc1cccc(C=C(C#N)C(=O)Nc2ccc([N+](=O)[O-])cc2O)c1OCc1ccccc1Cl. The van der Waals surface area contributed by atoms with Crippen molar-refractivity contribution in [1.29, 1.82) is 5.26 Å². The number of carbonyl (C=O) groups is 1. The quantitative estimate of drug-likeness (QED) is 0.151. The van der Waals surface area contributed by atoms with E-state index < -0.39 is 16.6 Å². The summed E-state index contributed by atoms with van der Waals surface area (Å²) in [5.41, 5.74) is 0.400. The van der Waals surface area contributed by atoms with Crippen LogP contribution in [0.15, 0.2) is 66.2 Å². The number of carbonyl (C=O) groups excluding carboxylic acids is 1. The van der Waals surface area contributed by atoms with Gasteiger partial charge < -0.3 is 19.9 Å². The first-order chi connectivity index (χ1) is 16.3. The van der Waals surface area contributed by atoms with Gasteiger partial charge >= 0.3 is 0 Å². The molecule has 172 valence electrons. The fraction of sp³-hybridized carbons (Fsp3) is 0.0833. The third-order valence-electron chi connectivity index (χ3n) is 4.66. The number of hydrogen-bond acceptors (Lipinski definition) is 7. The van der Waals surface area contributed by atoms with Crippen LogP contribution < -0.4 is 14.8 Å². The highest BCUT2D eigenvalue weighted by atomic mass is 35.5. The van der Waals surface area contributed by atoms with Crippen LogP contribution in [0.3, 0.4) is 0 Å². The monoisotopic (exact) mass is 479 g/mol. The van der Waals surface area contributed by atoms with Crippen LogP contribution >= 0.6 is 11.6 Å². The lowest BCUT2D eigenvalue weighted by Crippen LogP contribution is -2.13. The number of nitrogens with one attached hydrogen (secondary N) is 1. The second kappa shape index (κ2) is 10.8. The molecule has 10 heteroatoms. The van der Waals surface area contributed by atoms with Crippen molar-refractivity contribution in [3.05, 3.63) is 92.5 Å². The van der Waals surface area contributed by atoms with E-state index in [0.29, 0.717) is 22.1 Å². The van der Waals surface area contributed by atoms with Crippen molar-refractivity contribution < 1.29 is 24.3 Å². The maximum Gasteiger partial charge on any atom is 0.273 e. The summed E-state index contributed by atoms with van der Waals surface area (Å²) < 4.78 is 11.3. The molecule has 0 aliphatic heterocycles. The van der Waals surface area contributed by atoms with Gasteiger partial charge in [0.25, 0.3) is 11.6 Å². The van der Waals surface area contributed by atoms with Gasteiger partial charge in [0.2, 0.25) is 0 Å². The van der Waals surface area contributed by atoms with Gasteiger partial charge in [0.15, 0.2) is 11.5 Å². The number of nitrogens with zero attached hydrogens (tertiary/aromatic N) is 2. The molecule has 1 amide bonds. The minimum Gasteiger partial charge on any atom is -0.506 e. The number of phenols is 1. The first-order valence-corrected chi connectivity index (χ1v) is 10.2. The van der Waals surface area contributed by atoms with Gasteiger partial charge in [0.05, 0.1) is 23.8 Å². The van der Waals surface area contributed by atoms with E-state index in [1.165, 1.54) is 19.3 Å². The summed E-state index contributed by atoms with van der Waals surface area (Å²) in [6.45, 7) is 0.117. The number of non-ortho nitro benzene ring substituents is 1. The third-order valence-corrected chi connectivity index (χ3v) is 5.03. The Morgan fingerprint density at radius 2 is 2.00 bits per heavy atom. The van der Waals surface area contributed by atoms with Crippen molar-refractivity contribution in [2.75, 3.05) is 12.4 Å². The summed E-state index contributed by atoms with van der Waals surface area (Å²) in [7, 11) is 1.46. The standard InChI is InChI=1S/C24H18ClN3O6/c1-33-22-8-4-6-15(23(22)34-14-16-5-2-3-7-19(16)25)11-17(13-26)24(30)27-20-10-9-18(28(31)32)12-21(20)29/h2-12,29H,14H2,1H3,(H,27,30). The van der Waals surface area contributed by atoms with Crippen LogP contribution in [-0.2, 0) is 11.4 Å². The lowest BCUT2D eigenvalue weighted by molar-refractivity contribution is -0.384. The van der Waals surface area contributed by atoms with Crippen LogP contribution in [0.4, 0.5) is 11.4 Å². The molecule has 34 heavy (non-hydrogen) atoms. The van der Waals surface area contributed by atoms with Gasteiger partial charge in [0.1, 0.15) is 24.0 Å². The van der Waals surface area contributed by atoms with E-state index in [-0.39, 0.29) is 23.6 Å². The van der Waals surface area contributed by atoms with Crippen LogP contribution in [-0.4, -0.2) is 23.0 Å². The number of halogens is 1. The number of nitro groups is 1. The molecule has 0 heterocycles. The molecule has 0 aliphatic rings. The van der Waals surface area contributed by atoms with Crippen LogP contribution in [0.5, 0.6) is 17.2 Å². The maximum atomic E-state index is 12.7. The molecule has 3 rings (SSSR count). The molecule has 3 aromatic rings. The van der Waals surface area contributed by atoms with E-state index in [4.69, 9.17) is 21.1 Å². The van der Waals surface area contributed by atoms with Crippen molar-refractivity contribution in [2.45, 2.75) is 6.61 Å². The Balaban J connectivity index is 1.89. The van der Waals surface area contributed by atoms with E-state index in [1.807, 2.05) is 12.1 Å². The third kappa shape index (κ3) is 5.62. The number of nitriles is 1. The highest BCUT2D eigenvalue weighted by Crippen LogP contribution is 2.34. The Kier molecular flexibility index (Phi) is 7.69. The van der Waals surface area contributed by atoms with E-state index in [0.717, 1.165) is 17.7 Å². The van der Waals surface area contributed by atoms with Gasteiger partial charge in [-0.2, -0.15) is 5.26 Å². The molecule has 0 saturated heterocycles. The Hall–Kier alpha value is -4.55. The largest absolute Gasteiger partial charge is 0.506 e. The molecule has 0 radical (unpaired) electrons. The van der Waals surface area contributed by atoms with Crippen LogP contribution in [0.2, 0.25) is 5.02 Å². The van der Waals surface area contributed by atoms with Crippen LogP contribution in [0.1, 0.15) is 11.1 Å². The number of phenolic OH excluding ortho intramolecular Hbond substituents is 1. The number of anilines is 1. The summed E-state index contributed by atoms with van der Waals surface area (Å²) in [6.07, 6.45) is 1.31. The molecule has 0 fully saturated rings. The van der Waals surface area contributed by atoms with Gasteiger partial charge in [-0.05, 0) is 24.3 Å². The molecule has 2 N–H and O–H groups in total. The summed E-state index contributed by atoms with van der Waals surface area (Å²) in [4.78, 5) is 22.8. The number of aromatic hydroxyl groups is 1. The molecule has 0 atom stereocenters. The minimum absolute atomic E-state index is 0.0856. The number of benzene rings is 3. The zero-order valence-electron chi connectivity index (χ0n) is 17.8. The Morgan fingerprint density at radius 3 is 2.65 bits per heavy atom. The van der Waals surface area contributed by atoms with Crippen molar-refractivity contribution in [3.63, 3.8) is 0 Å². The molecular weight excluding hydrogens is 462 g/mol. The number of hydrogen-bond donors (Lipinski definition) is 2. The van der Waals surface area contributed by atoms with Gasteiger partial charge in [-0.3, -0.25) is 14.9 Å². The Labute approximate surface area is 199 Å². The average molecular weight is 480 g/mol. The highest BCUT2D eigenvalue weighted by molar-refractivity contribution is 6.31. The van der Waals surface area contributed by atoms with Crippen molar-refractivity contribution in [1.82, 2.24) is 0 Å². The lowest BCUT2D eigenvalue weighted by Gasteiger charge is -2.14. The number of para-hydroxylation sites is 1. The van der Waals surface area contributed by atoms with Crippen molar-refractivity contribution >= 4 is 35.0 Å². The number of rotatable bonds is 8. The number of amides is 1. The summed E-state index contributed by atoms with van der Waals surface area (Å²) in [6, 6.07) is 17.1. The molecule has 3 aromatic carbocycles. The van der Waals surface area contributed by atoms with Gasteiger partial charge in [-0.1, -0.05) is 41.9 Å². The lowest BCUT2D eigenvalue weighted by atomic mass is 10.1. The molecule has 0 aliphatic carbocycles.